The molecule has 0 heterocycles. The minimum atomic E-state index is -0.603. The third-order valence-corrected chi connectivity index (χ3v) is 1.90. The van der Waals surface area contributed by atoms with Crippen LogP contribution in [-0.2, 0) is 4.79 Å². The van der Waals surface area contributed by atoms with Crippen LogP contribution in [0.3, 0.4) is 0 Å². The van der Waals surface area contributed by atoms with Crippen LogP contribution in [-0.4, -0.2) is 11.1 Å². The van der Waals surface area contributed by atoms with Crippen LogP contribution in [0.5, 0.6) is 0 Å². The first-order valence-electron chi connectivity index (χ1n) is 3.48. The second-order valence-corrected chi connectivity index (χ2v) is 2.73. The fourth-order valence-electron chi connectivity index (χ4n) is 1.24. The zero-order valence-electron chi connectivity index (χ0n) is 5.63. The van der Waals surface area contributed by atoms with Gasteiger partial charge < -0.3 is 5.11 Å². The van der Waals surface area contributed by atoms with Crippen molar-refractivity contribution in [3.05, 3.63) is 0 Å². The van der Waals surface area contributed by atoms with Crippen LogP contribution in [0.1, 0.15) is 26.2 Å². The molecule has 1 aliphatic rings. The zero-order valence-corrected chi connectivity index (χ0v) is 5.63. The number of carboxylic acid groups (broad SMARTS) is 1. The van der Waals surface area contributed by atoms with Crippen LogP contribution in [0.4, 0.5) is 0 Å². The minimum absolute atomic E-state index is 0.00458. The van der Waals surface area contributed by atoms with E-state index in [1.54, 1.807) is 0 Å². The first kappa shape index (κ1) is 6.59. The summed E-state index contributed by atoms with van der Waals surface area (Å²) in [5.41, 5.74) is 0. The lowest BCUT2D eigenvalue weighted by Crippen LogP contribution is -1.98. The number of carboxylic acids is 1. The summed E-state index contributed by atoms with van der Waals surface area (Å²) in [7, 11) is 0. The summed E-state index contributed by atoms with van der Waals surface area (Å²) in [6, 6.07) is 0. The third-order valence-electron chi connectivity index (χ3n) is 1.90. The summed E-state index contributed by atoms with van der Waals surface area (Å²) in [4.78, 5) is 10.2. The number of hydrogen-bond acceptors (Lipinski definition) is 1. The van der Waals surface area contributed by atoms with E-state index in [4.69, 9.17) is 5.11 Å². The molecule has 0 spiro atoms. The van der Waals surface area contributed by atoms with Crippen LogP contribution in [0.25, 0.3) is 0 Å². The Morgan fingerprint density at radius 1 is 1.78 bits per heavy atom. The Hall–Kier alpha value is -0.530. The van der Waals surface area contributed by atoms with E-state index in [2.05, 4.69) is 6.92 Å². The van der Waals surface area contributed by atoms with Gasteiger partial charge in [-0.05, 0) is 18.8 Å². The molecule has 1 saturated carbocycles. The van der Waals surface area contributed by atoms with Crippen molar-refractivity contribution in [2.75, 3.05) is 0 Å². The van der Waals surface area contributed by atoms with Gasteiger partial charge in [-0.15, -0.1) is 0 Å². The molecule has 0 saturated heterocycles. The lowest BCUT2D eigenvalue weighted by Gasteiger charge is -1.89. The molecule has 0 amide bonds. The molecule has 0 aromatic carbocycles. The predicted octanol–water partition coefficient (Wildman–Crippen LogP) is 1.51. The molecule has 0 radical (unpaired) electrons. The number of aliphatic carboxylic acids is 1. The van der Waals surface area contributed by atoms with Gasteiger partial charge >= 0.3 is 5.97 Å². The van der Waals surface area contributed by atoms with Gasteiger partial charge in [-0.25, -0.2) is 0 Å². The van der Waals surface area contributed by atoms with E-state index in [1.807, 2.05) is 0 Å². The Labute approximate surface area is 54.9 Å². The first-order valence-corrected chi connectivity index (χ1v) is 3.48. The van der Waals surface area contributed by atoms with Crippen molar-refractivity contribution in [3.8, 4) is 0 Å². The third kappa shape index (κ3) is 1.44. The summed E-state index contributed by atoms with van der Waals surface area (Å²) in [5.74, 6) is -0.0918. The van der Waals surface area contributed by atoms with Gasteiger partial charge in [-0.2, -0.15) is 0 Å². The molecule has 0 unspecified atom stereocenters. The van der Waals surface area contributed by atoms with E-state index in [1.165, 1.54) is 0 Å². The number of rotatable bonds is 3. The molecule has 1 aliphatic carbocycles. The molecule has 0 aliphatic heterocycles. The largest absolute Gasteiger partial charge is 0.481 e. The fourth-order valence-corrected chi connectivity index (χ4v) is 1.24. The first-order chi connectivity index (χ1) is 4.25. The van der Waals surface area contributed by atoms with Crippen LogP contribution in [0.15, 0.2) is 0 Å². The molecular formula is C7H12O2. The van der Waals surface area contributed by atoms with Gasteiger partial charge in [-0.1, -0.05) is 13.3 Å². The van der Waals surface area contributed by atoms with Gasteiger partial charge in [0.05, 0.1) is 5.92 Å². The molecular weight excluding hydrogens is 116 g/mol. The lowest BCUT2D eigenvalue weighted by atomic mass is 10.2. The van der Waals surface area contributed by atoms with Gasteiger partial charge in [0.25, 0.3) is 0 Å². The lowest BCUT2D eigenvalue weighted by molar-refractivity contribution is -0.138. The number of hydrogen-bond donors (Lipinski definition) is 1. The zero-order chi connectivity index (χ0) is 6.85. The maximum absolute atomic E-state index is 10.2. The van der Waals surface area contributed by atoms with E-state index in [-0.39, 0.29) is 5.92 Å². The monoisotopic (exact) mass is 128 g/mol. The molecule has 0 aromatic rings. The van der Waals surface area contributed by atoms with Crippen LogP contribution in [0.2, 0.25) is 0 Å². The Morgan fingerprint density at radius 3 is 2.78 bits per heavy atom. The summed E-state index contributed by atoms with van der Waals surface area (Å²) in [5, 5.41) is 8.45. The van der Waals surface area contributed by atoms with Crippen LogP contribution in [0, 0.1) is 11.8 Å². The highest BCUT2D eigenvalue weighted by atomic mass is 16.4. The second kappa shape index (κ2) is 2.38. The van der Waals surface area contributed by atoms with E-state index >= 15 is 0 Å². The van der Waals surface area contributed by atoms with Crippen molar-refractivity contribution in [2.45, 2.75) is 26.2 Å². The maximum atomic E-state index is 10.2. The van der Waals surface area contributed by atoms with E-state index in [9.17, 15) is 4.79 Å². The maximum Gasteiger partial charge on any atom is 0.306 e. The van der Waals surface area contributed by atoms with Crippen molar-refractivity contribution < 1.29 is 9.90 Å². The molecule has 2 atom stereocenters. The smallest absolute Gasteiger partial charge is 0.306 e. The average Bonchev–Trinajstić information content (AvgIpc) is 2.47. The standard InChI is InChI=1S/C7H12O2/c1-2-3-5-4-6(5)7(8)9/h5-6H,2-4H2,1H3,(H,8,9)/t5-,6+/m1/s1. The van der Waals surface area contributed by atoms with E-state index in [0.717, 1.165) is 19.3 Å². The van der Waals surface area contributed by atoms with Gasteiger partial charge in [0.15, 0.2) is 0 Å². The van der Waals surface area contributed by atoms with E-state index < -0.39 is 5.97 Å². The van der Waals surface area contributed by atoms with Crippen LogP contribution < -0.4 is 0 Å². The van der Waals surface area contributed by atoms with E-state index in [0.29, 0.717) is 5.92 Å². The Bertz CT molecular complexity index is 120. The molecule has 1 rings (SSSR count). The van der Waals surface area contributed by atoms with Gasteiger partial charge in [-0.3, -0.25) is 4.79 Å². The summed E-state index contributed by atoms with van der Waals surface area (Å²) in [6.45, 7) is 2.09. The highest BCUT2D eigenvalue weighted by Crippen LogP contribution is 2.41. The average molecular weight is 128 g/mol. The molecule has 2 nitrogen and oxygen atoms in total. The predicted molar refractivity (Wildman–Crippen MR) is 34.1 cm³/mol. The van der Waals surface area contributed by atoms with Crippen molar-refractivity contribution in [3.63, 3.8) is 0 Å². The number of carbonyl (C=O) groups is 1. The minimum Gasteiger partial charge on any atom is -0.481 e. The second-order valence-electron chi connectivity index (χ2n) is 2.73. The molecule has 0 aromatic heterocycles. The molecule has 9 heavy (non-hydrogen) atoms. The normalized spacial score (nSPS) is 32.1. The fraction of sp³-hybridized carbons (Fsp3) is 0.857. The SMILES string of the molecule is CCC[C@@H]1C[C@@H]1C(=O)O. The Morgan fingerprint density at radius 2 is 2.44 bits per heavy atom. The van der Waals surface area contributed by atoms with Crippen molar-refractivity contribution in [2.24, 2.45) is 11.8 Å². The molecule has 1 fully saturated rings. The molecule has 1 N–H and O–H groups in total. The van der Waals surface area contributed by atoms with Gasteiger partial charge in [0, 0.05) is 0 Å². The topological polar surface area (TPSA) is 37.3 Å². The van der Waals surface area contributed by atoms with Gasteiger partial charge in [0.2, 0.25) is 0 Å². The van der Waals surface area contributed by atoms with Crippen molar-refractivity contribution in [1.29, 1.82) is 0 Å². The summed E-state index contributed by atoms with van der Waals surface area (Å²) < 4.78 is 0. The van der Waals surface area contributed by atoms with Crippen molar-refractivity contribution >= 4 is 5.97 Å². The van der Waals surface area contributed by atoms with Crippen LogP contribution >= 0.6 is 0 Å². The molecule has 52 valence electrons. The molecule has 2 heteroatoms. The Balaban J connectivity index is 2.17. The van der Waals surface area contributed by atoms with Crippen molar-refractivity contribution in [1.82, 2.24) is 0 Å². The van der Waals surface area contributed by atoms with Gasteiger partial charge in [0.1, 0.15) is 0 Å². The molecule has 0 bridgehead atoms. The highest BCUT2D eigenvalue weighted by Gasteiger charge is 2.41. The summed E-state index contributed by atoms with van der Waals surface area (Å²) in [6.07, 6.45) is 3.13. The summed E-state index contributed by atoms with van der Waals surface area (Å²) >= 11 is 0. The Kier molecular flexibility index (Phi) is 1.74. The quantitative estimate of drug-likeness (QED) is 0.625. The highest BCUT2D eigenvalue weighted by molar-refractivity contribution is 5.73.